The zero-order chi connectivity index (χ0) is 13.8. The lowest BCUT2D eigenvalue weighted by atomic mass is 10.3. The van der Waals surface area contributed by atoms with Crippen molar-refractivity contribution in [2.24, 2.45) is 0 Å². The third-order valence-electron chi connectivity index (χ3n) is 2.43. The highest BCUT2D eigenvalue weighted by Gasteiger charge is 2.12. The molecule has 0 aliphatic carbocycles. The fourth-order valence-corrected chi connectivity index (χ4v) is 1.89. The van der Waals surface area contributed by atoms with E-state index in [4.69, 9.17) is 27.9 Å². The molecule has 0 spiro atoms. The summed E-state index contributed by atoms with van der Waals surface area (Å²) in [6.07, 6.45) is 1.43. The first kappa shape index (κ1) is 13.7. The molecular formula is C12H12Cl2N4O. The van der Waals surface area contributed by atoms with Gasteiger partial charge in [0, 0.05) is 12.1 Å². The van der Waals surface area contributed by atoms with Gasteiger partial charge in [-0.1, -0.05) is 23.2 Å². The van der Waals surface area contributed by atoms with Crippen LogP contribution in [0.3, 0.4) is 0 Å². The fraction of sp³-hybridized carbons (Fsp3) is 0.167. The van der Waals surface area contributed by atoms with Crippen molar-refractivity contribution in [1.82, 2.24) is 9.97 Å². The van der Waals surface area contributed by atoms with Crippen LogP contribution in [0.5, 0.6) is 5.75 Å². The molecule has 0 aliphatic rings. The molecule has 0 saturated heterocycles. The van der Waals surface area contributed by atoms with Crippen LogP contribution in [0.15, 0.2) is 24.5 Å². The lowest BCUT2D eigenvalue weighted by Crippen LogP contribution is -2.03. The molecule has 7 heteroatoms. The first-order chi connectivity index (χ1) is 9.15. The second kappa shape index (κ2) is 5.95. The topological polar surface area (TPSA) is 59.1 Å². The Morgan fingerprint density at radius 1 is 1.16 bits per heavy atom. The molecule has 0 radical (unpaired) electrons. The molecule has 100 valence electrons. The summed E-state index contributed by atoms with van der Waals surface area (Å²) in [6, 6.07) is 5.13. The smallest absolute Gasteiger partial charge is 0.204 e. The van der Waals surface area contributed by atoms with E-state index >= 15 is 0 Å². The third-order valence-corrected chi connectivity index (χ3v) is 2.99. The maximum absolute atomic E-state index is 6.09. The van der Waals surface area contributed by atoms with Crippen molar-refractivity contribution in [3.8, 4) is 5.75 Å². The van der Waals surface area contributed by atoms with E-state index in [2.05, 4.69) is 20.6 Å². The summed E-state index contributed by atoms with van der Waals surface area (Å²) in [6.45, 7) is 0. The quantitative estimate of drug-likeness (QED) is 0.903. The molecule has 19 heavy (non-hydrogen) atoms. The molecule has 0 fully saturated rings. The van der Waals surface area contributed by atoms with Gasteiger partial charge in [0.2, 0.25) is 5.75 Å². The normalized spacial score (nSPS) is 10.1. The van der Waals surface area contributed by atoms with Crippen LogP contribution in [0.2, 0.25) is 10.0 Å². The number of halogens is 2. The molecule has 2 N–H and O–H groups in total. The van der Waals surface area contributed by atoms with Gasteiger partial charge < -0.3 is 15.4 Å². The van der Waals surface area contributed by atoms with E-state index in [0.717, 1.165) is 0 Å². The number of anilines is 3. The molecule has 5 nitrogen and oxygen atoms in total. The zero-order valence-electron chi connectivity index (χ0n) is 10.4. The molecule has 0 atom stereocenters. The van der Waals surface area contributed by atoms with Gasteiger partial charge in [-0.05, 0) is 18.2 Å². The zero-order valence-corrected chi connectivity index (χ0v) is 11.9. The summed E-state index contributed by atoms with van der Waals surface area (Å²) in [5.74, 6) is 1.59. The van der Waals surface area contributed by atoms with Crippen molar-refractivity contribution < 1.29 is 4.74 Å². The van der Waals surface area contributed by atoms with Crippen molar-refractivity contribution in [3.05, 3.63) is 34.6 Å². The van der Waals surface area contributed by atoms with E-state index in [1.165, 1.54) is 6.33 Å². The molecule has 0 bridgehead atoms. The van der Waals surface area contributed by atoms with Crippen molar-refractivity contribution in [1.29, 1.82) is 0 Å². The van der Waals surface area contributed by atoms with Crippen LogP contribution in [0.4, 0.5) is 17.3 Å². The highest BCUT2D eigenvalue weighted by Crippen LogP contribution is 2.34. The largest absolute Gasteiger partial charge is 0.490 e. The lowest BCUT2D eigenvalue weighted by molar-refractivity contribution is 0.415. The van der Waals surface area contributed by atoms with E-state index in [1.807, 2.05) is 0 Å². The lowest BCUT2D eigenvalue weighted by Gasteiger charge is -2.13. The number of nitrogens with zero attached hydrogens (tertiary/aromatic N) is 2. The first-order valence-corrected chi connectivity index (χ1v) is 6.20. The van der Waals surface area contributed by atoms with Gasteiger partial charge in [-0.2, -0.15) is 0 Å². The highest BCUT2D eigenvalue weighted by atomic mass is 35.5. The van der Waals surface area contributed by atoms with Crippen LogP contribution < -0.4 is 15.4 Å². The Hall–Kier alpha value is -1.72. The van der Waals surface area contributed by atoms with Gasteiger partial charge in [-0.15, -0.1) is 0 Å². The first-order valence-electron chi connectivity index (χ1n) is 5.44. The van der Waals surface area contributed by atoms with E-state index < -0.39 is 0 Å². The standard InChI is InChI=1S/C12H12Cl2N4O/c1-15-11-10(19-2)12(17-6-16-11)18-9-5-7(13)3-4-8(9)14/h3-6H,1-2H3,(H2,15,16,17,18). The van der Waals surface area contributed by atoms with Gasteiger partial charge in [0.1, 0.15) is 6.33 Å². The van der Waals surface area contributed by atoms with E-state index in [9.17, 15) is 0 Å². The second-order valence-corrected chi connectivity index (χ2v) is 4.45. The number of benzene rings is 1. The van der Waals surface area contributed by atoms with Gasteiger partial charge in [0.25, 0.3) is 0 Å². The molecule has 1 heterocycles. The molecule has 0 aliphatic heterocycles. The average Bonchev–Trinajstić information content (AvgIpc) is 2.42. The van der Waals surface area contributed by atoms with Crippen LogP contribution in [0.1, 0.15) is 0 Å². The van der Waals surface area contributed by atoms with Crippen LogP contribution in [-0.2, 0) is 0 Å². The number of aromatic nitrogens is 2. The van der Waals surface area contributed by atoms with Crippen LogP contribution in [-0.4, -0.2) is 24.1 Å². The molecule has 0 saturated carbocycles. The fourth-order valence-electron chi connectivity index (χ4n) is 1.56. The molecule has 0 unspecified atom stereocenters. The highest BCUT2D eigenvalue weighted by molar-refractivity contribution is 6.35. The Balaban J connectivity index is 2.40. The SMILES string of the molecule is CNc1ncnc(Nc2cc(Cl)ccc2Cl)c1OC. The monoisotopic (exact) mass is 298 g/mol. The van der Waals surface area contributed by atoms with Crippen molar-refractivity contribution >= 4 is 40.5 Å². The number of hydrogen-bond acceptors (Lipinski definition) is 5. The van der Waals surface area contributed by atoms with Gasteiger partial charge >= 0.3 is 0 Å². The average molecular weight is 299 g/mol. The molecule has 2 rings (SSSR count). The predicted molar refractivity (Wildman–Crippen MR) is 77.9 cm³/mol. The molecule has 1 aromatic heterocycles. The number of rotatable bonds is 4. The predicted octanol–water partition coefficient (Wildman–Crippen LogP) is 3.58. The van der Waals surface area contributed by atoms with Crippen LogP contribution in [0.25, 0.3) is 0 Å². The number of nitrogens with one attached hydrogen (secondary N) is 2. The maximum atomic E-state index is 6.09. The Kier molecular flexibility index (Phi) is 4.29. The molecule has 0 amide bonds. The van der Waals surface area contributed by atoms with Crippen molar-refractivity contribution in [3.63, 3.8) is 0 Å². The summed E-state index contributed by atoms with van der Waals surface area (Å²) >= 11 is 12.0. The summed E-state index contributed by atoms with van der Waals surface area (Å²) in [4.78, 5) is 8.20. The van der Waals surface area contributed by atoms with Gasteiger partial charge in [-0.3, -0.25) is 0 Å². The van der Waals surface area contributed by atoms with Gasteiger partial charge in [0.05, 0.1) is 17.8 Å². The third kappa shape index (κ3) is 3.00. The summed E-state index contributed by atoms with van der Waals surface area (Å²) in [7, 11) is 3.30. The van der Waals surface area contributed by atoms with Crippen molar-refractivity contribution in [2.45, 2.75) is 0 Å². The minimum atomic E-state index is 0.501. The maximum Gasteiger partial charge on any atom is 0.204 e. The molecule has 1 aromatic carbocycles. The van der Waals surface area contributed by atoms with E-state index in [0.29, 0.717) is 33.1 Å². The van der Waals surface area contributed by atoms with E-state index in [-0.39, 0.29) is 0 Å². The Labute approximate surface area is 120 Å². The van der Waals surface area contributed by atoms with Gasteiger partial charge in [0.15, 0.2) is 11.6 Å². The van der Waals surface area contributed by atoms with Crippen LogP contribution >= 0.6 is 23.2 Å². The van der Waals surface area contributed by atoms with Crippen LogP contribution in [0, 0.1) is 0 Å². The minimum Gasteiger partial charge on any atom is -0.490 e. The Bertz CT molecular complexity index is 592. The molecule has 2 aromatic rings. The van der Waals surface area contributed by atoms with E-state index in [1.54, 1.807) is 32.4 Å². The Morgan fingerprint density at radius 2 is 1.89 bits per heavy atom. The van der Waals surface area contributed by atoms with Gasteiger partial charge in [-0.25, -0.2) is 9.97 Å². The van der Waals surface area contributed by atoms with Crippen molar-refractivity contribution in [2.75, 3.05) is 24.8 Å². The summed E-state index contributed by atoms with van der Waals surface area (Å²) < 4.78 is 5.28. The second-order valence-electron chi connectivity index (χ2n) is 3.60. The number of hydrogen-bond donors (Lipinski definition) is 2. The molecular weight excluding hydrogens is 287 g/mol. The minimum absolute atomic E-state index is 0.501. The summed E-state index contributed by atoms with van der Waals surface area (Å²) in [5.41, 5.74) is 0.646. The Morgan fingerprint density at radius 3 is 2.58 bits per heavy atom. The number of methoxy groups -OCH3 is 1. The number of ether oxygens (including phenoxy) is 1. The summed E-state index contributed by atoms with van der Waals surface area (Å²) in [5, 5.41) is 7.11.